The average Bonchev–Trinajstić information content (AvgIpc) is 2.68. The summed E-state index contributed by atoms with van der Waals surface area (Å²) in [5.41, 5.74) is 0.960. The molecule has 0 saturated heterocycles. The van der Waals surface area contributed by atoms with Gasteiger partial charge in [0.2, 0.25) is 10.0 Å². The molecule has 156 valence electrons. The van der Waals surface area contributed by atoms with E-state index in [1.807, 2.05) is 13.8 Å². The number of nitrogens with one attached hydrogen (secondary N) is 1. The molecule has 8 heteroatoms. The number of carbonyl (C=O) groups is 2. The summed E-state index contributed by atoms with van der Waals surface area (Å²) in [6.07, 6.45) is 5.30. The van der Waals surface area contributed by atoms with Crippen LogP contribution in [-0.4, -0.2) is 50.9 Å². The first kappa shape index (κ1) is 22.4. The maximum atomic E-state index is 12.4. The molecule has 0 bridgehead atoms. The van der Waals surface area contributed by atoms with Gasteiger partial charge in [-0.3, -0.25) is 9.59 Å². The number of likely N-dealkylation sites (N-methyl/N-ethyl adjacent to an activating group) is 1. The highest BCUT2D eigenvalue weighted by atomic mass is 32.2. The van der Waals surface area contributed by atoms with Gasteiger partial charge in [-0.1, -0.05) is 37.0 Å². The Labute approximate surface area is 167 Å². The topological polar surface area (TPSA) is 92.8 Å². The molecule has 0 heterocycles. The Balaban J connectivity index is 1.74. The van der Waals surface area contributed by atoms with Gasteiger partial charge in [-0.05, 0) is 38.8 Å². The van der Waals surface area contributed by atoms with Crippen LogP contribution in [0.5, 0.6) is 0 Å². The molecule has 1 N–H and O–H groups in total. The number of amides is 1. The minimum Gasteiger partial charge on any atom is -0.456 e. The van der Waals surface area contributed by atoms with Gasteiger partial charge in [0, 0.05) is 19.1 Å². The van der Waals surface area contributed by atoms with Gasteiger partial charge in [0.15, 0.2) is 6.61 Å². The molecule has 0 aromatic heterocycles. The Bertz CT molecular complexity index is 755. The average molecular weight is 411 g/mol. The minimum atomic E-state index is -3.67. The molecule has 2 rings (SSSR count). The zero-order chi connectivity index (χ0) is 20.6. The van der Waals surface area contributed by atoms with Crippen LogP contribution in [0.1, 0.15) is 51.0 Å². The fraction of sp³-hybridized carbons (Fsp3) is 0.600. The lowest BCUT2D eigenvalue weighted by Crippen LogP contribution is -2.43. The smallest absolute Gasteiger partial charge is 0.307 e. The monoisotopic (exact) mass is 410 g/mol. The summed E-state index contributed by atoms with van der Waals surface area (Å²) in [6.45, 7) is 4.01. The predicted molar refractivity (Wildman–Crippen MR) is 106 cm³/mol. The molecule has 1 aromatic carbocycles. The molecule has 1 fully saturated rings. The number of carbonyl (C=O) groups excluding carboxylic acids is 2. The number of nitrogens with zero attached hydrogens (tertiary/aromatic N) is 1. The molecular formula is C20H30N2O5S. The quantitative estimate of drug-likeness (QED) is 0.631. The van der Waals surface area contributed by atoms with Crippen molar-refractivity contribution in [2.75, 3.05) is 19.7 Å². The summed E-state index contributed by atoms with van der Waals surface area (Å²) in [5.74, 6) is -0.789. The first-order valence-electron chi connectivity index (χ1n) is 9.85. The largest absolute Gasteiger partial charge is 0.456 e. The number of esters is 1. The first-order valence-corrected chi connectivity index (χ1v) is 11.3. The summed E-state index contributed by atoms with van der Waals surface area (Å²) in [5, 5.41) is 0. The van der Waals surface area contributed by atoms with Crippen molar-refractivity contribution in [2.24, 2.45) is 0 Å². The molecule has 0 atom stereocenters. The van der Waals surface area contributed by atoms with Crippen molar-refractivity contribution in [3.05, 3.63) is 29.8 Å². The summed E-state index contributed by atoms with van der Waals surface area (Å²) >= 11 is 0. The van der Waals surface area contributed by atoms with Crippen LogP contribution in [0, 0.1) is 6.92 Å². The van der Waals surface area contributed by atoms with Crippen molar-refractivity contribution in [3.63, 3.8) is 0 Å². The molecule has 1 aliphatic rings. The SMILES string of the molecule is CCN(C(=O)COC(=O)CCNS(=O)(=O)c1ccc(C)cc1)C1CCCCC1. The van der Waals surface area contributed by atoms with Gasteiger partial charge in [-0.15, -0.1) is 0 Å². The van der Waals surface area contributed by atoms with E-state index in [0.29, 0.717) is 6.54 Å². The van der Waals surface area contributed by atoms with E-state index >= 15 is 0 Å². The zero-order valence-electron chi connectivity index (χ0n) is 16.6. The fourth-order valence-corrected chi connectivity index (χ4v) is 4.45. The minimum absolute atomic E-state index is 0.0800. The maximum Gasteiger partial charge on any atom is 0.307 e. The van der Waals surface area contributed by atoms with E-state index < -0.39 is 16.0 Å². The second-order valence-corrected chi connectivity index (χ2v) is 8.86. The Morgan fingerprint density at radius 1 is 1.14 bits per heavy atom. The van der Waals surface area contributed by atoms with Crippen LogP contribution in [-0.2, 0) is 24.3 Å². The van der Waals surface area contributed by atoms with E-state index in [1.54, 1.807) is 17.0 Å². The molecule has 1 aromatic rings. The molecule has 0 spiro atoms. The summed E-state index contributed by atoms with van der Waals surface area (Å²) < 4.78 is 31.8. The Hall–Kier alpha value is -1.93. The normalized spacial score (nSPS) is 15.2. The van der Waals surface area contributed by atoms with E-state index in [9.17, 15) is 18.0 Å². The van der Waals surface area contributed by atoms with Gasteiger partial charge in [0.25, 0.3) is 5.91 Å². The van der Waals surface area contributed by atoms with Crippen LogP contribution in [0.2, 0.25) is 0 Å². The maximum absolute atomic E-state index is 12.4. The molecule has 7 nitrogen and oxygen atoms in total. The molecule has 0 unspecified atom stereocenters. The van der Waals surface area contributed by atoms with E-state index in [4.69, 9.17) is 4.74 Å². The van der Waals surface area contributed by atoms with E-state index in [0.717, 1.165) is 31.2 Å². The number of aryl methyl sites for hydroxylation is 1. The van der Waals surface area contributed by atoms with Crippen LogP contribution in [0.3, 0.4) is 0 Å². The molecule has 0 aliphatic heterocycles. The Kier molecular flexibility index (Phi) is 8.44. The van der Waals surface area contributed by atoms with Crippen LogP contribution >= 0.6 is 0 Å². The van der Waals surface area contributed by atoms with Crippen molar-refractivity contribution in [1.29, 1.82) is 0 Å². The van der Waals surface area contributed by atoms with Crippen LogP contribution in [0.4, 0.5) is 0 Å². The van der Waals surface area contributed by atoms with Crippen molar-refractivity contribution in [1.82, 2.24) is 9.62 Å². The first-order chi connectivity index (χ1) is 13.3. The number of rotatable bonds is 9. The molecule has 1 amide bonds. The van der Waals surface area contributed by atoms with Gasteiger partial charge < -0.3 is 9.64 Å². The number of benzene rings is 1. The highest BCUT2D eigenvalue weighted by Gasteiger charge is 2.24. The van der Waals surface area contributed by atoms with Crippen molar-refractivity contribution in [3.8, 4) is 0 Å². The van der Waals surface area contributed by atoms with Gasteiger partial charge in [-0.25, -0.2) is 13.1 Å². The van der Waals surface area contributed by atoms with E-state index in [2.05, 4.69) is 4.72 Å². The van der Waals surface area contributed by atoms with Gasteiger partial charge in [0.1, 0.15) is 0 Å². The molecular weight excluding hydrogens is 380 g/mol. The lowest BCUT2D eigenvalue weighted by molar-refractivity contribution is -0.153. The fourth-order valence-electron chi connectivity index (χ4n) is 3.42. The van der Waals surface area contributed by atoms with Crippen molar-refractivity contribution < 1.29 is 22.7 Å². The zero-order valence-corrected chi connectivity index (χ0v) is 17.5. The Morgan fingerprint density at radius 2 is 1.79 bits per heavy atom. The van der Waals surface area contributed by atoms with Crippen molar-refractivity contribution in [2.45, 2.75) is 63.3 Å². The summed E-state index contributed by atoms with van der Waals surface area (Å²) in [6, 6.07) is 6.67. The predicted octanol–water partition coefficient (Wildman–Crippen LogP) is 2.39. The van der Waals surface area contributed by atoms with Crippen LogP contribution in [0.25, 0.3) is 0 Å². The summed E-state index contributed by atoms with van der Waals surface area (Å²) in [4.78, 5) is 26.2. The Morgan fingerprint density at radius 3 is 2.39 bits per heavy atom. The molecule has 0 radical (unpaired) electrons. The van der Waals surface area contributed by atoms with Gasteiger partial charge in [-0.2, -0.15) is 0 Å². The molecule has 1 saturated carbocycles. The number of hydrogen-bond donors (Lipinski definition) is 1. The van der Waals surface area contributed by atoms with Gasteiger partial charge >= 0.3 is 5.97 Å². The number of ether oxygens (including phenoxy) is 1. The highest BCUT2D eigenvalue weighted by Crippen LogP contribution is 2.22. The van der Waals surface area contributed by atoms with Gasteiger partial charge in [0.05, 0.1) is 11.3 Å². The van der Waals surface area contributed by atoms with E-state index in [1.165, 1.54) is 18.6 Å². The highest BCUT2D eigenvalue weighted by molar-refractivity contribution is 7.89. The van der Waals surface area contributed by atoms with Crippen LogP contribution < -0.4 is 4.72 Å². The summed E-state index contributed by atoms with van der Waals surface area (Å²) in [7, 11) is -3.67. The number of hydrogen-bond acceptors (Lipinski definition) is 5. The molecule has 28 heavy (non-hydrogen) atoms. The standard InChI is InChI=1S/C20H30N2O5S/c1-3-22(17-7-5-4-6-8-17)19(23)15-27-20(24)13-14-21-28(25,26)18-11-9-16(2)10-12-18/h9-12,17,21H,3-8,13-15H2,1-2H3. The lowest BCUT2D eigenvalue weighted by Gasteiger charge is -2.33. The van der Waals surface area contributed by atoms with Crippen molar-refractivity contribution >= 4 is 21.9 Å². The number of sulfonamides is 1. The third-order valence-corrected chi connectivity index (χ3v) is 6.46. The van der Waals surface area contributed by atoms with Crippen LogP contribution in [0.15, 0.2) is 29.2 Å². The lowest BCUT2D eigenvalue weighted by atomic mass is 9.94. The third-order valence-electron chi connectivity index (χ3n) is 4.99. The second kappa shape index (κ2) is 10.6. The van der Waals surface area contributed by atoms with E-state index in [-0.39, 0.29) is 36.4 Å². The second-order valence-electron chi connectivity index (χ2n) is 7.09. The molecule has 1 aliphatic carbocycles. The third kappa shape index (κ3) is 6.60.